The first kappa shape index (κ1) is 12.8. The van der Waals surface area contributed by atoms with Crippen molar-refractivity contribution in [1.82, 2.24) is 0 Å². The Morgan fingerprint density at radius 3 is 2.43 bits per heavy atom. The molecule has 0 aliphatic heterocycles. The number of hydrogen-bond donors (Lipinski definition) is 1. The summed E-state index contributed by atoms with van der Waals surface area (Å²) in [5.74, 6) is 0. The van der Waals surface area contributed by atoms with E-state index in [-0.39, 0.29) is 6.10 Å². The average Bonchev–Trinajstić information content (AvgIpc) is 2.20. The first-order chi connectivity index (χ1) is 6.81. The number of carbonyl (C=O) groups is 1. The molecule has 0 heterocycles. The summed E-state index contributed by atoms with van der Waals surface area (Å²) in [4.78, 5) is 9.89. The van der Waals surface area contributed by atoms with Gasteiger partial charge >= 0.3 is 0 Å². The van der Waals surface area contributed by atoms with Crippen molar-refractivity contribution in [3.63, 3.8) is 0 Å². The molecule has 2 nitrogen and oxygen atoms in total. The molecule has 0 aliphatic rings. The Balaban J connectivity index is 3.64. The van der Waals surface area contributed by atoms with E-state index >= 15 is 0 Å². The minimum absolute atomic E-state index is 0.352. The first-order valence-electron chi connectivity index (χ1n) is 4.94. The summed E-state index contributed by atoms with van der Waals surface area (Å²) in [6, 6.07) is 0. The van der Waals surface area contributed by atoms with E-state index in [1.54, 1.807) is 30.4 Å². The molecular weight excluding hydrogens is 176 g/mol. The fraction of sp³-hybridized carbons (Fsp3) is 0.417. The van der Waals surface area contributed by atoms with Crippen LogP contribution >= 0.6 is 0 Å². The second kappa shape index (κ2) is 9.93. The molecule has 0 saturated carbocycles. The van der Waals surface area contributed by atoms with Gasteiger partial charge in [0.1, 0.15) is 6.29 Å². The van der Waals surface area contributed by atoms with Gasteiger partial charge in [-0.3, -0.25) is 4.79 Å². The molecule has 0 radical (unpaired) electrons. The number of unbranched alkanes of at least 4 members (excludes halogenated alkanes) is 1. The third-order valence-corrected chi connectivity index (χ3v) is 1.71. The number of carbonyl (C=O) groups excluding carboxylic acids is 1. The van der Waals surface area contributed by atoms with Crippen LogP contribution in [0.25, 0.3) is 0 Å². The summed E-state index contributed by atoms with van der Waals surface area (Å²) in [7, 11) is 0. The van der Waals surface area contributed by atoms with Gasteiger partial charge in [-0.05, 0) is 12.5 Å². The zero-order valence-corrected chi connectivity index (χ0v) is 8.60. The SMILES string of the molecule is CCCCC(O)/C=C/C=C/C=C/C=O. The van der Waals surface area contributed by atoms with Crippen molar-refractivity contribution in [2.45, 2.75) is 32.3 Å². The molecule has 0 aromatic carbocycles. The molecule has 1 atom stereocenters. The lowest BCUT2D eigenvalue weighted by atomic mass is 10.1. The van der Waals surface area contributed by atoms with Crippen molar-refractivity contribution in [3.8, 4) is 0 Å². The van der Waals surface area contributed by atoms with E-state index in [0.29, 0.717) is 0 Å². The van der Waals surface area contributed by atoms with E-state index in [1.165, 1.54) is 6.08 Å². The number of rotatable bonds is 7. The highest BCUT2D eigenvalue weighted by molar-refractivity contribution is 5.65. The predicted molar refractivity (Wildman–Crippen MR) is 59.0 cm³/mol. The standard InChI is InChI=1S/C12H18O2/c1-2-3-9-12(14)10-7-5-4-6-8-11-13/h4-8,10-12,14H,2-3,9H2,1H3/b5-4+,8-6+,10-7+. The number of aliphatic hydroxyl groups is 1. The molecule has 0 aromatic heterocycles. The van der Waals surface area contributed by atoms with Gasteiger partial charge in [-0.25, -0.2) is 0 Å². The van der Waals surface area contributed by atoms with Crippen molar-refractivity contribution >= 4 is 6.29 Å². The number of hydrogen-bond acceptors (Lipinski definition) is 2. The highest BCUT2D eigenvalue weighted by Gasteiger charge is 1.95. The average molecular weight is 194 g/mol. The van der Waals surface area contributed by atoms with Crippen LogP contribution in [0.5, 0.6) is 0 Å². The molecule has 0 amide bonds. The van der Waals surface area contributed by atoms with Gasteiger partial charge in [0.15, 0.2) is 0 Å². The van der Waals surface area contributed by atoms with E-state index in [1.807, 2.05) is 0 Å². The van der Waals surface area contributed by atoms with Crippen LogP contribution in [0.2, 0.25) is 0 Å². The molecule has 0 bridgehead atoms. The van der Waals surface area contributed by atoms with E-state index < -0.39 is 0 Å². The molecule has 14 heavy (non-hydrogen) atoms. The zero-order chi connectivity index (χ0) is 10.6. The minimum atomic E-state index is -0.352. The minimum Gasteiger partial charge on any atom is -0.389 e. The topological polar surface area (TPSA) is 37.3 Å². The van der Waals surface area contributed by atoms with Crippen molar-refractivity contribution < 1.29 is 9.90 Å². The highest BCUT2D eigenvalue weighted by atomic mass is 16.3. The molecule has 1 N–H and O–H groups in total. The van der Waals surface area contributed by atoms with E-state index in [9.17, 15) is 9.90 Å². The first-order valence-corrected chi connectivity index (χ1v) is 4.94. The van der Waals surface area contributed by atoms with Gasteiger partial charge in [0.25, 0.3) is 0 Å². The van der Waals surface area contributed by atoms with Crippen LogP contribution in [-0.4, -0.2) is 17.5 Å². The maximum absolute atomic E-state index is 9.89. The van der Waals surface area contributed by atoms with Gasteiger partial charge < -0.3 is 5.11 Å². The molecule has 0 fully saturated rings. The monoisotopic (exact) mass is 194 g/mol. The fourth-order valence-corrected chi connectivity index (χ4v) is 0.940. The number of allylic oxidation sites excluding steroid dienone is 5. The van der Waals surface area contributed by atoms with Gasteiger partial charge in [0, 0.05) is 0 Å². The second-order valence-corrected chi connectivity index (χ2v) is 3.00. The molecule has 78 valence electrons. The quantitative estimate of drug-likeness (QED) is 0.384. The highest BCUT2D eigenvalue weighted by Crippen LogP contribution is 2.01. The molecule has 0 aliphatic carbocycles. The number of aliphatic hydroxyl groups excluding tert-OH is 1. The maximum Gasteiger partial charge on any atom is 0.142 e. The molecule has 0 aromatic rings. The summed E-state index contributed by atoms with van der Waals surface area (Å²) in [5.41, 5.74) is 0. The lowest BCUT2D eigenvalue weighted by Crippen LogP contribution is -2.00. The van der Waals surface area contributed by atoms with Crippen LogP contribution in [0.1, 0.15) is 26.2 Å². The van der Waals surface area contributed by atoms with Gasteiger partial charge in [-0.1, -0.05) is 50.1 Å². The van der Waals surface area contributed by atoms with E-state index in [0.717, 1.165) is 25.5 Å². The molecule has 2 heteroatoms. The van der Waals surface area contributed by atoms with Crippen LogP contribution in [0.4, 0.5) is 0 Å². The molecule has 0 rings (SSSR count). The van der Waals surface area contributed by atoms with Crippen molar-refractivity contribution in [1.29, 1.82) is 0 Å². The summed E-state index contributed by atoms with van der Waals surface area (Å²) in [6.45, 7) is 2.10. The summed E-state index contributed by atoms with van der Waals surface area (Å²) < 4.78 is 0. The second-order valence-electron chi connectivity index (χ2n) is 3.00. The third kappa shape index (κ3) is 8.94. The smallest absolute Gasteiger partial charge is 0.142 e. The number of aldehydes is 1. The molecular formula is C12H18O2. The van der Waals surface area contributed by atoms with E-state index in [2.05, 4.69) is 6.92 Å². The van der Waals surface area contributed by atoms with Crippen molar-refractivity contribution in [2.75, 3.05) is 0 Å². The Labute approximate surface area is 85.6 Å². The fourth-order valence-electron chi connectivity index (χ4n) is 0.940. The van der Waals surface area contributed by atoms with Crippen molar-refractivity contribution in [2.24, 2.45) is 0 Å². The van der Waals surface area contributed by atoms with E-state index in [4.69, 9.17) is 0 Å². The van der Waals surface area contributed by atoms with Crippen LogP contribution in [0.15, 0.2) is 36.5 Å². The van der Waals surface area contributed by atoms with Gasteiger partial charge in [-0.2, -0.15) is 0 Å². The largest absolute Gasteiger partial charge is 0.389 e. The Hall–Kier alpha value is -1.15. The van der Waals surface area contributed by atoms with Crippen LogP contribution < -0.4 is 0 Å². The normalized spacial score (nSPS) is 14.4. The molecule has 1 unspecified atom stereocenters. The predicted octanol–water partition coefficient (Wildman–Crippen LogP) is 2.41. The summed E-state index contributed by atoms with van der Waals surface area (Å²) in [5, 5.41) is 9.39. The van der Waals surface area contributed by atoms with Crippen LogP contribution in [0.3, 0.4) is 0 Å². The van der Waals surface area contributed by atoms with Gasteiger partial charge in [0.2, 0.25) is 0 Å². The van der Waals surface area contributed by atoms with Crippen LogP contribution in [-0.2, 0) is 4.79 Å². The summed E-state index contributed by atoms with van der Waals surface area (Å²) in [6.07, 6.45) is 13.5. The Morgan fingerprint density at radius 2 is 1.79 bits per heavy atom. The molecule has 0 spiro atoms. The Morgan fingerprint density at radius 1 is 1.14 bits per heavy atom. The summed E-state index contributed by atoms with van der Waals surface area (Å²) >= 11 is 0. The lowest BCUT2D eigenvalue weighted by Gasteiger charge is -2.01. The zero-order valence-electron chi connectivity index (χ0n) is 8.60. The maximum atomic E-state index is 9.89. The Bertz CT molecular complexity index is 214. The Kier molecular flexibility index (Phi) is 9.12. The van der Waals surface area contributed by atoms with Crippen molar-refractivity contribution in [3.05, 3.63) is 36.5 Å². The van der Waals surface area contributed by atoms with Gasteiger partial charge in [-0.15, -0.1) is 0 Å². The lowest BCUT2D eigenvalue weighted by molar-refractivity contribution is -0.104. The third-order valence-electron chi connectivity index (χ3n) is 1.71. The van der Waals surface area contributed by atoms with Crippen LogP contribution in [0, 0.1) is 0 Å². The van der Waals surface area contributed by atoms with Gasteiger partial charge in [0.05, 0.1) is 6.10 Å². The molecule has 0 saturated heterocycles.